The van der Waals surface area contributed by atoms with Crippen molar-refractivity contribution in [2.75, 3.05) is 13.2 Å². The largest absolute Gasteiger partial charge is 0.486 e. The Bertz CT molecular complexity index is 870. The zero-order chi connectivity index (χ0) is 36.0. The number of rotatable bonds is 3. The lowest BCUT2D eigenvalue weighted by atomic mass is 9.92. The Hall–Kier alpha value is -2.74. The summed E-state index contributed by atoms with van der Waals surface area (Å²) in [7, 11) is 0. The van der Waals surface area contributed by atoms with E-state index in [1.807, 2.05) is 65.8 Å². The van der Waals surface area contributed by atoms with E-state index in [0.29, 0.717) is 13.2 Å². The Labute approximate surface area is 295 Å². The number of hydrogen-bond donors (Lipinski definition) is 0. The Morgan fingerprint density at radius 1 is 0.362 bits per heavy atom. The van der Waals surface area contributed by atoms with Crippen LogP contribution in [0, 0.1) is 0 Å². The first kappa shape index (κ1) is 48.7. The maximum absolute atomic E-state index is 5.30. The van der Waals surface area contributed by atoms with Crippen LogP contribution in [0.15, 0.2) is 72.8 Å². The molecule has 2 nitrogen and oxygen atoms in total. The van der Waals surface area contributed by atoms with Crippen molar-refractivity contribution >= 4 is 0 Å². The van der Waals surface area contributed by atoms with Gasteiger partial charge in [0, 0.05) is 0 Å². The monoisotopic (exact) mass is 651 g/mol. The molecule has 0 saturated carbocycles. The van der Waals surface area contributed by atoms with Crippen LogP contribution in [0.5, 0.6) is 11.5 Å². The summed E-state index contributed by atoms with van der Waals surface area (Å²) in [6, 6.07) is 25.2. The van der Waals surface area contributed by atoms with Crippen LogP contribution in [0.1, 0.15) is 163 Å². The third kappa shape index (κ3) is 26.0. The molecule has 0 N–H and O–H groups in total. The van der Waals surface area contributed by atoms with E-state index in [4.69, 9.17) is 9.47 Å². The van der Waals surface area contributed by atoms with Crippen molar-refractivity contribution in [3.8, 4) is 11.5 Å². The van der Waals surface area contributed by atoms with Gasteiger partial charge in [-0.2, -0.15) is 0 Å². The van der Waals surface area contributed by atoms with Crippen LogP contribution in [0.4, 0.5) is 0 Å². The molecule has 0 fully saturated rings. The SMILES string of the molecule is CC.CC.CC.CCCC.CCCC.CCCC.c1ccc2c(c1)CCC2.c1ccc2c(c1)CCCC2.c1ccc2c(c1)OCCO2. The summed E-state index contributed by atoms with van der Waals surface area (Å²) in [6.45, 7) is 26.4. The van der Waals surface area contributed by atoms with Gasteiger partial charge < -0.3 is 9.47 Å². The summed E-state index contributed by atoms with van der Waals surface area (Å²) in [5.74, 6) is 1.71. The van der Waals surface area contributed by atoms with Crippen LogP contribution in [-0.2, 0) is 25.7 Å². The summed E-state index contributed by atoms with van der Waals surface area (Å²) in [4.78, 5) is 0. The first-order chi connectivity index (χ1) is 23.1. The number of benzene rings is 3. The maximum atomic E-state index is 5.30. The number of fused-ring (bicyclic) bond motifs is 3. The number of ether oxygens (including phenoxy) is 2. The van der Waals surface area contributed by atoms with Gasteiger partial charge in [-0.1, -0.05) is 182 Å². The summed E-state index contributed by atoms with van der Waals surface area (Å²) >= 11 is 0. The highest BCUT2D eigenvalue weighted by Crippen LogP contribution is 2.28. The highest BCUT2D eigenvalue weighted by molar-refractivity contribution is 5.40. The summed E-state index contributed by atoms with van der Waals surface area (Å²) in [6.07, 6.45) is 17.3. The lowest BCUT2D eigenvalue weighted by molar-refractivity contribution is 0.171. The zero-order valence-electron chi connectivity index (χ0n) is 33.4. The molecule has 1 aliphatic heterocycles. The molecule has 0 bridgehead atoms. The van der Waals surface area contributed by atoms with E-state index in [0.717, 1.165) is 11.5 Å². The molecule has 47 heavy (non-hydrogen) atoms. The zero-order valence-corrected chi connectivity index (χ0v) is 33.4. The second kappa shape index (κ2) is 39.4. The Balaban J connectivity index is -0.000000499. The van der Waals surface area contributed by atoms with Crippen LogP contribution in [-0.4, -0.2) is 13.2 Å². The van der Waals surface area contributed by atoms with Crippen molar-refractivity contribution in [3.05, 3.63) is 95.1 Å². The molecule has 0 spiro atoms. The van der Waals surface area contributed by atoms with E-state index >= 15 is 0 Å². The minimum atomic E-state index is 0.664. The van der Waals surface area contributed by atoms with Gasteiger partial charge in [0.25, 0.3) is 0 Å². The smallest absolute Gasteiger partial charge is 0.161 e. The molecule has 2 heteroatoms. The molecule has 2 aliphatic carbocycles. The maximum Gasteiger partial charge on any atom is 0.161 e. The van der Waals surface area contributed by atoms with Gasteiger partial charge in [0.05, 0.1) is 0 Å². The molecule has 3 aromatic carbocycles. The third-order valence-electron chi connectivity index (χ3n) is 7.22. The van der Waals surface area contributed by atoms with E-state index in [1.165, 1.54) is 83.5 Å². The van der Waals surface area contributed by atoms with E-state index in [9.17, 15) is 0 Å². The van der Waals surface area contributed by atoms with Gasteiger partial charge in [0.1, 0.15) is 13.2 Å². The molecule has 6 rings (SSSR count). The van der Waals surface area contributed by atoms with Crippen LogP contribution in [0.2, 0.25) is 0 Å². The molecule has 1 heterocycles. The normalized spacial score (nSPS) is 11.9. The standard InChI is InChI=1S/C10H12.C9H10.C8H8O2.3C4H10.3C2H6/c1-2-6-10-8-4-3-7-9(10)5-1;1-2-5-9-7-3-6-8(9)4-1;1-2-4-8-7(3-1)9-5-6-10-8;3*1-3-4-2;3*1-2/h1-2,5-6H,3-4,7-8H2;1-2,4-5H,3,6-7H2;1-4H,5-6H2;3*3-4H2,1-2H3;3*1-2H3. The molecule has 0 unspecified atom stereocenters. The molecule has 0 saturated heterocycles. The Morgan fingerprint density at radius 2 is 0.596 bits per heavy atom. The third-order valence-corrected chi connectivity index (χ3v) is 7.22. The molecular weight excluding hydrogens is 572 g/mol. The average molecular weight is 651 g/mol. The molecule has 0 amide bonds. The molecule has 0 atom stereocenters. The fourth-order valence-electron chi connectivity index (χ4n) is 4.18. The van der Waals surface area contributed by atoms with Crippen molar-refractivity contribution in [1.82, 2.24) is 0 Å². The second-order valence-electron chi connectivity index (χ2n) is 10.7. The number of hydrogen-bond acceptors (Lipinski definition) is 2. The number of unbranched alkanes of at least 4 members (excludes halogenated alkanes) is 3. The molecule has 3 aliphatic rings. The second-order valence-corrected chi connectivity index (χ2v) is 10.7. The predicted octanol–water partition coefficient (Wildman–Crippen LogP) is 14.7. The van der Waals surface area contributed by atoms with E-state index in [2.05, 4.69) is 90.1 Å². The number of para-hydroxylation sites is 2. The Morgan fingerprint density at radius 3 is 0.851 bits per heavy atom. The van der Waals surface area contributed by atoms with Crippen LogP contribution >= 0.6 is 0 Å². The van der Waals surface area contributed by atoms with Crippen molar-refractivity contribution < 1.29 is 9.47 Å². The number of aryl methyl sites for hydroxylation is 4. The fraction of sp³-hybridized carbons (Fsp3) is 0.600. The molecule has 270 valence electrons. The molecule has 0 aromatic heterocycles. The quantitative estimate of drug-likeness (QED) is 0.281. The molecule has 0 radical (unpaired) electrons. The highest BCUT2D eigenvalue weighted by atomic mass is 16.6. The fourth-order valence-corrected chi connectivity index (χ4v) is 4.18. The van der Waals surface area contributed by atoms with Gasteiger partial charge in [-0.25, -0.2) is 0 Å². The van der Waals surface area contributed by atoms with Gasteiger partial charge in [-0.3, -0.25) is 0 Å². The van der Waals surface area contributed by atoms with Gasteiger partial charge in [0.15, 0.2) is 11.5 Å². The summed E-state index contributed by atoms with van der Waals surface area (Å²) < 4.78 is 10.6. The first-order valence-corrected chi connectivity index (χ1v) is 19.6. The van der Waals surface area contributed by atoms with Gasteiger partial charge in [-0.15, -0.1) is 0 Å². The van der Waals surface area contributed by atoms with Crippen molar-refractivity contribution in [3.63, 3.8) is 0 Å². The van der Waals surface area contributed by atoms with Gasteiger partial charge in [-0.05, 0) is 79.3 Å². The lowest BCUT2D eigenvalue weighted by Crippen LogP contribution is -2.14. The topological polar surface area (TPSA) is 18.5 Å². The average Bonchev–Trinajstić information content (AvgIpc) is 3.67. The first-order valence-electron chi connectivity index (χ1n) is 19.6. The van der Waals surface area contributed by atoms with Crippen LogP contribution < -0.4 is 9.47 Å². The lowest BCUT2D eigenvalue weighted by Gasteiger charge is -2.17. The Kier molecular flexibility index (Phi) is 40.8. The van der Waals surface area contributed by atoms with Crippen LogP contribution in [0.3, 0.4) is 0 Å². The highest BCUT2D eigenvalue weighted by Gasteiger charge is 2.09. The van der Waals surface area contributed by atoms with Crippen molar-refractivity contribution in [1.29, 1.82) is 0 Å². The van der Waals surface area contributed by atoms with Crippen molar-refractivity contribution in [2.24, 2.45) is 0 Å². The molecule has 3 aromatic rings. The van der Waals surface area contributed by atoms with E-state index in [1.54, 1.807) is 22.3 Å². The molecular formula is C45H78O2. The minimum absolute atomic E-state index is 0.664. The summed E-state index contributed by atoms with van der Waals surface area (Å²) in [5, 5.41) is 0. The van der Waals surface area contributed by atoms with E-state index < -0.39 is 0 Å². The van der Waals surface area contributed by atoms with E-state index in [-0.39, 0.29) is 0 Å². The predicted molar refractivity (Wildman–Crippen MR) is 215 cm³/mol. The summed E-state index contributed by atoms with van der Waals surface area (Å²) in [5.41, 5.74) is 6.29. The van der Waals surface area contributed by atoms with Gasteiger partial charge in [0.2, 0.25) is 0 Å². The minimum Gasteiger partial charge on any atom is -0.486 e. The van der Waals surface area contributed by atoms with Gasteiger partial charge >= 0.3 is 0 Å². The van der Waals surface area contributed by atoms with Crippen LogP contribution in [0.25, 0.3) is 0 Å². The van der Waals surface area contributed by atoms with Crippen molar-refractivity contribution in [2.45, 2.75) is 167 Å².